The number of hydrogen-bond donors (Lipinski definition) is 1. The van der Waals surface area contributed by atoms with Gasteiger partial charge in [-0.2, -0.15) is 0 Å². The van der Waals surface area contributed by atoms with Crippen LogP contribution in [0.1, 0.15) is 20.8 Å². The lowest BCUT2D eigenvalue weighted by Crippen LogP contribution is -2.42. The van der Waals surface area contributed by atoms with E-state index in [1.54, 1.807) is 0 Å². The zero-order valence-electron chi connectivity index (χ0n) is 10.6. The summed E-state index contributed by atoms with van der Waals surface area (Å²) in [6, 6.07) is 0. The number of Topliss-reactive ketones (excluding diaryl/α,β-unsaturated/α-hetero) is 1. The summed E-state index contributed by atoms with van der Waals surface area (Å²) in [6.07, 6.45) is -1.48. The Bertz CT molecular complexity index is 260. The van der Waals surface area contributed by atoms with Crippen molar-refractivity contribution < 1.29 is 18.8 Å². The molecule has 0 aromatic rings. The van der Waals surface area contributed by atoms with Crippen LogP contribution < -0.4 is 5.73 Å². The molecule has 1 atom stereocenters. The molecular formula is C10H21NO4Si. The van der Waals surface area contributed by atoms with Crippen molar-refractivity contribution >= 4 is 20.9 Å². The minimum absolute atomic E-state index is 0.243. The third-order valence-corrected chi connectivity index (χ3v) is 2.66. The molecule has 0 aromatic carbocycles. The van der Waals surface area contributed by atoms with Crippen molar-refractivity contribution in [1.29, 1.82) is 0 Å². The van der Waals surface area contributed by atoms with Crippen LogP contribution in [0, 0.1) is 5.41 Å². The maximum atomic E-state index is 11.8. The normalized spacial score (nSPS) is 13.6. The molecule has 0 saturated carbocycles. The molecule has 1 unspecified atom stereocenters. The second-order valence-electron chi connectivity index (χ2n) is 5.00. The number of carbonyl (C=O) groups is 2. The number of primary amides is 1. The zero-order chi connectivity index (χ0) is 12.9. The number of nitrogens with two attached hydrogens (primary N) is 1. The highest BCUT2D eigenvalue weighted by molar-refractivity contribution is 6.48. The van der Waals surface area contributed by atoms with Gasteiger partial charge in [0.1, 0.15) is 6.10 Å². The molecular weight excluding hydrogens is 226 g/mol. The second-order valence-corrected chi connectivity index (χ2v) is 7.37. The number of rotatable bonds is 5. The average Bonchev–Trinajstić information content (AvgIpc) is 2.08. The van der Waals surface area contributed by atoms with Crippen molar-refractivity contribution in [3.63, 3.8) is 0 Å². The van der Waals surface area contributed by atoms with Crippen molar-refractivity contribution in [2.24, 2.45) is 11.1 Å². The molecule has 0 spiro atoms. The van der Waals surface area contributed by atoms with Crippen LogP contribution in [-0.4, -0.2) is 33.6 Å². The van der Waals surface area contributed by atoms with Crippen LogP contribution in [0.25, 0.3) is 0 Å². The van der Waals surface area contributed by atoms with E-state index in [1.807, 2.05) is 33.9 Å². The molecule has 94 valence electrons. The molecule has 1 amide bonds. The van der Waals surface area contributed by atoms with Crippen LogP contribution in [0.3, 0.4) is 0 Å². The predicted molar refractivity (Wildman–Crippen MR) is 63.7 cm³/mol. The van der Waals surface area contributed by atoms with Gasteiger partial charge in [0.05, 0.1) is 0 Å². The molecule has 0 saturated heterocycles. The summed E-state index contributed by atoms with van der Waals surface area (Å²) in [5.74, 6) is -0.243. The number of hydrogen-bond acceptors (Lipinski definition) is 4. The Kier molecular flexibility index (Phi) is 5.67. The molecule has 0 aliphatic heterocycles. The fourth-order valence-electron chi connectivity index (χ4n) is 1.25. The summed E-state index contributed by atoms with van der Waals surface area (Å²) >= 11 is 0. The van der Waals surface area contributed by atoms with Gasteiger partial charge in [0.15, 0.2) is 21.4 Å². The van der Waals surface area contributed by atoms with Gasteiger partial charge in [-0.05, 0) is 18.5 Å². The average molecular weight is 247 g/mol. The van der Waals surface area contributed by atoms with Gasteiger partial charge < -0.3 is 14.9 Å². The highest BCUT2D eigenvalue weighted by Crippen LogP contribution is 2.23. The molecule has 2 N–H and O–H groups in total. The molecule has 0 aliphatic carbocycles. The Labute approximate surface area is 98.0 Å². The molecule has 5 nitrogen and oxygen atoms in total. The van der Waals surface area contributed by atoms with Gasteiger partial charge in [0, 0.05) is 0 Å². The first-order chi connectivity index (χ1) is 7.14. The van der Waals surface area contributed by atoms with Crippen LogP contribution in [0.5, 0.6) is 0 Å². The molecule has 0 radical (unpaired) electrons. The van der Waals surface area contributed by atoms with Gasteiger partial charge in [-0.1, -0.05) is 20.8 Å². The molecule has 6 heteroatoms. The smallest absolute Gasteiger partial charge is 0.404 e. The van der Waals surface area contributed by atoms with Crippen LogP contribution in [0.2, 0.25) is 13.1 Å². The fourth-order valence-corrected chi connectivity index (χ4v) is 2.36. The highest BCUT2D eigenvalue weighted by Gasteiger charge is 2.33. The van der Waals surface area contributed by atoms with Crippen molar-refractivity contribution in [1.82, 2.24) is 0 Å². The minimum Gasteiger partial charge on any atom is -0.442 e. The summed E-state index contributed by atoms with van der Waals surface area (Å²) < 4.78 is 10.2. The summed E-state index contributed by atoms with van der Waals surface area (Å²) in [6.45, 7) is 9.39. The van der Waals surface area contributed by atoms with Gasteiger partial charge in [0.25, 0.3) is 0 Å². The van der Waals surface area contributed by atoms with E-state index in [2.05, 4.69) is 4.74 Å². The molecule has 16 heavy (non-hydrogen) atoms. The van der Waals surface area contributed by atoms with Gasteiger partial charge in [-0.3, -0.25) is 4.79 Å². The number of ether oxygens (including phenoxy) is 1. The highest BCUT2D eigenvalue weighted by atomic mass is 28.3. The van der Waals surface area contributed by atoms with E-state index >= 15 is 0 Å². The fraction of sp³-hybridized carbons (Fsp3) is 0.800. The molecule has 0 fully saturated rings. The standard InChI is InChI=1S/C10H21NO4Si/c1-10(2,3)8(15-16(4)5)7(12)6-14-9(11)13/h8,16H,6H2,1-5H3,(H2,11,13). The lowest BCUT2D eigenvalue weighted by atomic mass is 9.87. The van der Waals surface area contributed by atoms with E-state index in [1.165, 1.54) is 0 Å². The maximum absolute atomic E-state index is 11.8. The summed E-state index contributed by atoms with van der Waals surface area (Å²) in [5.41, 5.74) is 4.50. The lowest BCUT2D eigenvalue weighted by Gasteiger charge is -2.31. The lowest BCUT2D eigenvalue weighted by molar-refractivity contribution is -0.133. The van der Waals surface area contributed by atoms with E-state index in [0.29, 0.717) is 0 Å². The summed E-state index contributed by atoms with van der Waals surface area (Å²) in [5, 5.41) is 0. The van der Waals surface area contributed by atoms with Crippen LogP contribution in [-0.2, 0) is 14.0 Å². The summed E-state index contributed by atoms with van der Waals surface area (Å²) in [7, 11) is -1.33. The first-order valence-electron chi connectivity index (χ1n) is 5.25. The van der Waals surface area contributed by atoms with Gasteiger partial charge in [0.2, 0.25) is 0 Å². The molecule has 0 heterocycles. The van der Waals surface area contributed by atoms with Crippen molar-refractivity contribution in [2.45, 2.75) is 40.0 Å². The van der Waals surface area contributed by atoms with Gasteiger partial charge >= 0.3 is 6.09 Å². The van der Waals surface area contributed by atoms with Crippen molar-refractivity contribution in [2.75, 3.05) is 6.61 Å². The SMILES string of the molecule is C[SiH](C)OC(C(=O)COC(N)=O)C(C)(C)C. The largest absolute Gasteiger partial charge is 0.442 e. The van der Waals surface area contributed by atoms with Crippen LogP contribution >= 0.6 is 0 Å². The minimum atomic E-state index is -1.33. The topological polar surface area (TPSA) is 78.6 Å². The Balaban J connectivity index is 4.51. The third kappa shape index (κ3) is 5.87. The molecule has 0 aliphatic rings. The quantitative estimate of drug-likeness (QED) is 0.737. The summed E-state index contributed by atoms with van der Waals surface area (Å²) in [4.78, 5) is 22.2. The molecule has 0 aromatic heterocycles. The van der Waals surface area contributed by atoms with Crippen molar-refractivity contribution in [3.05, 3.63) is 0 Å². The Morgan fingerprint density at radius 1 is 1.31 bits per heavy atom. The van der Waals surface area contributed by atoms with E-state index in [0.717, 1.165) is 0 Å². The van der Waals surface area contributed by atoms with Gasteiger partial charge in [-0.15, -0.1) is 0 Å². The number of ketones is 1. The van der Waals surface area contributed by atoms with Crippen molar-refractivity contribution in [3.8, 4) is 0 Å². The Hall–Kier alpha value is -0.883. The maximum Gasteiger partial charge on any atom is 0.404 e. The second kappa shape index (κ2) is 6.00. The first-order valence-corrected chi connectivity index (χ1v) is 8.03. The van der Waals surface area contributed by atoms with Crippen LogP contribution in [0.4, 0.5) is 4.79 Å². The number of carbonyl (C=O) groups excluding carboxylic acids is 2. The molecule has 0 bridgehead atoms. The van der Waals surface area contributed by atoms with E-state index in [9.17, 15) is 9.59 Å². The van der Waals surface area contributed by atoms with Gasteiger partial charge in [-0.25, -0.2) is 4.79 Å². The Morgan fingerprint density at radius 3 is 2.12 bits per heavy atom. The van der Waals surface area contributed by atoms with E-state index in [-0.39, 0.29) is 17.8 Å². The van der Waals surface area contributed by atoms with Crippen LogP contribution in [0.15, 0.2) is 0 Å². The van der Waals surface area contributed by atoms with E-state index < -0.39 is 21.2 Å². The van der Waals surface area contributed by atoms with E-state index in [4.69, 9.17) is 10.2 Å². The monoisotopic (exact) mass is 247 g/mol. The first kappa shape index (κ1) is 15.1. The number of amides is 1. The predicted octanol–water partition coefficient (Wildman–Crippen LogP) is 1.07. The Morgan fingerprint density at radius 2 is 1.81 bits per heavy atom. The zero-order valence-corrected chi connectivity index (χ0v) is 11.7. The third-order valence-electron chi connectivity index (χ3n) is 1.84. The molecule has 0 rings (SSSR count).